The molecule has 1 N–H and O–H groups in total. The van der Waals surface area contributed by atoms with Crippen LogP contribution in [0.3, 0.4) is 0 Å². The van der Waals surface area contributed by atoms with Crippen LogP contribution < -0.4 is 5.32 Å². The number of hydrogen-bond donors (Lipinski definition) is 1. The number of nitrogens with one attached hydrogen (secondary N) is 1. The van der Waals surface area contributed by atoms with Crippen LogP contribution in [-0.2, 0) is 4.79 Å². The molecule has 0 bridgehead atoms. The second kappa shape index (κ2) is 4.21. The van der Waals surface area contributed by atoms with Gasteiger partial charge in [-0.25, -0.2) is 4.79 Å². The van der Waals surface area contributed by atoms with Crippen LogP contribution >= 0.6 is 0 Å². The van der Waals surface area contributed by atoms with E-state index in [1.807, 2.05) is 0 Å². The first-order valence-corrected chi connectivity index (χ1v) is 5.35. The Balaban J connectivity index is 2.50. The van der Waals surface area contributed by atoms with Crippen molar-refractivity contribution in [1.29, 1.82) is 0 Å². The average Bonchev–Trinajstić information content (AvgIpc) is 2.42. The smallest absolute Gasteiger partial charge is 0.317 e. The lowest BCUT2D eigenvalue weighted by Crippen LogP contribution is -2.38. The molecule has 4 nitrogen and oxygen atoms in total. The Bertz CT molecular complexity index is 268. The van der Waals surface area contributed by atoms with E-state index in [0.29, 0.717) is 19.5 Å². The minimum atomic E-state index is -0.0452. The summed E-state index contributed by atoms with van der Waals surface area (Å²) in [5.41, 5.74) is 0.0701. The minimum absolute atomic E-state index is 0.0452. The summed E-state index contributed by atoms with van der Waals surface area (Å²) in [6.45, 7) is 9.10. The van der Waals surface area contributed by atoms with Gasteiger partial charge in [0.15, 0.2) is 0 Å². The fraction of sp³-hybridized carbons (Fsp3) is 0.818. The van der Waals surface area contributed by atoms with Gasteiger partial charge < -0.3 is 10.2 Å². The van der Waals surface area contributed by atoms with Crippen LogP contribution in [0, 0.1) is 5.41 Å². The van der Waals surface area contributed by atoms with Crippen LogP contribution in [0.15, 0.2) is 0 Å². The summed E-state index contributed by atoms with van der Waals surface area (Å²) in [6, 6.07) is 0.133. The standard InChI is InChI=1S/C11H20N2O2/c1-8(14)5-6-13-7-9(11(2,3)4)12-10(13)15/h9H,5-7H2,1-4H3,(H,12,15). The van der Waals surface area contributed by atoms with Crippen molar-refractivity contribution >= 4 is 11.8 Å². The molecule has 0 radical (unpaired) electrons. The van der Waals surface area contributed by atoms with Crippen LogP contribution in [0.1, 0.15) is 34.1 Å². The van der Waals surface area contributed by atoms with Gasteiger partial charge in [0.25, 0.3) is 0 Å². The molecule has 0 aromatic carbocycles. The maximum absolute atomic E-state index is 11.5. The van der Waals surface area contributed by atoms with Crippen LogP contribution in [-0.4, -0.2) is 35.8 Å². The van der Waals surface area contributed by atoms with E-state index in [0.717, 1.165) is 0 Å². The van der Waals surface area contributed by atoms with E-state index in [4.69, 9.17) is 0 Å². The van der Waals surface area contributed by atoms with E-state index >= 15 is 0 Å². The van der Waals surface area contributed by atoms with E-state index in [-0.39, 0.29) is 23.3 Å². The maximum Gasteiger partial charge on any atom is 0.317 e. The highest BCUT2D eigenvalue weighted by molar-refractivity contribution is 5.79. The van der Waals surface area contributed by atoms with E-state index in [2.05, 4.69) is 26.1 Å². The number of nitrogens with zero attached hydrogens (tertiary/aromatic N) is 1. The Morgan fingerprint density at radius 3 is 2.53 bits per heavy atom. The summed E-state index contributed by atoms with van der Waals surface area (Å²) in [6.07, 6.45) is 0.449. The van der Waals surface area contributed by atoms with Gasteiger partial charge in [0, 0.05) is 19.5 Å². The van der Waals surface area contributed by atoms with Crippen LogP contribution in [0.25, 0.3) is 0 Å². The Kier molecular flexibility index (Phi) is 3.37. The van der Waals surface area contributed by atoms with E-state index in [9.17, 15) is 9.59 Å². The first kappa shape index (κ1) is 12.0. The zero-order valence-electron chi connectivity index (χ0n) is 9.96. The number of carbonyl (C=O) groups is 2. The zero-order valence-corrected chi connectivity index (χ0v) is 9.96. The SMILES string of the molecule is CC(=O)CCN1CC(C(C)(C)C)NC1=O. The third-order valence-corrected chi connectivity index (χ3v) is 2.77. The lowest BCUT2D eigenvalue weighted by atomic mass is 9.87. The van der Waals surface area contributed by atoms with Gasteiger partial charge in [-0.2, -0.15) is 0 Å². The third kappa shape index (κ3) is 3.22. The number of urea groups is 1. The highest BCUT2D eigenvalue weighted by atomic mass is 16.2. The van der Waals surface area contributed by atoms with Gasteiger partial charge in [0.1, 0.15) is 5.78 Å². The molecule has 1 saturated heterocycles. The first-order valence-electron chi connectivity index (χ1n) is 5.35. The third-order valence-electron chi connectivity index (χ3n) is 2.77. The molecule has 0 aromatic heterocycles. The van der Waals surface area contributed by atoms with E-state index in [1.54, 1.807) is 11.8 Å². The van der Waals surface area contributed by atoms with Gasteiger partial charge in [0.2, 0.25) is 0 Å². The number of hydrogen-bond acceptors (Lipinski definition) is 2. The summed E-state index contributed by atoms with van der Waals surface area (Å²) in [4.78, 5) is 24.1. The summed E-state index contributed by atoms with van der Waals surface area (Å²) in [5.74, 6) is 0.127. The normalized spacial score (nSPS) is 21.7. The molecular weight excluding hydrogens is 192 g/mol. The molecule has 4 heteroatoms. The fourth-order valence-electron chi connectivity index (χ4n) is 1.56. The van der Waals surface area contributed by atoms with Crippen LogP contribution in [0.5, 0.6) is 0 Å². The highest BCUT2D eigenvalue weighted by Crippen LogP contribution is 2.23. The molecule has 1 unspecified atom stereocenters. The van der Waals surface area contributed by atoms with Crippen molar-refractivity contribution in [3.05, 3.63) is 0 Å². The highest BCUT2D eigenvalue weighted by Gasteiger charge is 2.35. The Hall–Kier alpha value is -1.06. The van der Waals surface area contributed by atoms with Crippen LogP contribution in [0.4, 0.5) is 4.79 Å². The lowest BCUT2D eigenvalue weighted by Gasteiger charge is -2.25. The molecule has 0 spiro atoms. The minimum Gasteiger partial charge on any atom is -0.333 e. The summed E-state index contributed by atoms with van der Waals surface area (Å²) >= 11 is 0. The monoisotopic (exact) mass is 212 g/mol. The summed E-state index contributed by atoms with van der Waals surface area (Å²) in [5, 5.41) is 2.94. The number of rotatable bonds is 3. The van der Waals surface area contributed by atoms with Crippen LogP contribution in [0.2, 0.25) is 0 Å². The maximum atomic E-state index is 11.5. The molecule has 0 aliphatic carbocycles. The first-order chi connectivity index (χ1) is 6.80. The summed E-state index contributed by atoms with van der Waals surface area (Å²) in [7, 11) is 0. The van der Waals surface area contributed by atoms with E-state index < -0.39 is 0 Å². The number of amides is 2. The molecule has 86 valence electrons. The summed E-state index contributed by atoms with van der Waals surface area (Å²) < 4.78 is 0. The van der Waals surface area contributed by atoms with Gasteiger partial charge >= 0.3 is 6.03 Å². The molecule has 1 rings (SSSR count). The van der Waals surface area contributed by atoms with Crippen molar-refractivity contribution in [2.75, 3.05) is 13.1 Å². The van der Waals surface area contributed by atoms with E-state index in [1.165, 1.54) is 0 Å². The number of ketones is 1. The molecule has 0 saturated carbocycles. The Labute approximate surface area is 91.0 Å². The van der Waals surface area contributed by atoms with Gasteiger partial charge in [-0.05, 0) is 12.3 Å². The average molecular weight is 212 g/mol. The second-order valence-electron chi connectivity index (χ2n) is 5.27. The molecule has 1 fully saturated rings. The molecule has 15 heavy (non-hydrogen) atoms. The predicted octanol–water partition coefficient (Wildman–Crippen LogP) is 1.41. The van der Waals surface area contributed by atoms with Crippen molar-refractivity contribution in [3.63, 3.8) is 0 Å². The number of carbonyl (C=O) groups excluding carboxylic acids is 2. The van der Waals surface area contributed by atoms with Crippen molar-refractivity contribution in [2.24, 2.45) is 5.41 Å². The molecule has 1 heterocycles. The van der Waals surface area contributed by atoms with Crippen molar-refractivity contribution in [3.8, 4) is 0 Å². The molecule has 0 aromatic rings. The topological polar surface area (TPSA) is 49.4 Å². The molecule has 1 aliphatic heterocycles. The lowest BCUT2D eigenvalue weighted by molar-refractivity contribution is -0.117. The molecular formula is C11H20N2O2. The molecule has 2 amide bonds. The second-order valence-corrected chi connectivity index (χ2v) is 5.27. The Morgan fingerprint density at radius 1 is 1.53 bits per heavy atom. The van der Waals surface area contributed by atoms with Gasteiger partial charge in [0.05, 0.1) is 6.04 Å². The van der Waals surface area contributed by atoms with Crippen molar-refractivity contribution in [2.45, 2.75) is 40.2 Å². The number of Topliss-reactive ketones (excluding diaryl/α,β-unsaturated/α-hetero) is 1. The quantitative estimate of drug-likeness (QED) is 0.769. The molecule has 1 atom stereocenters. The van der Waals surface area contributed by atoms with Gasteiger partial charge in [-0.3, -0.25) is 4.79 Å². The van der Waals surface area contributed by atoms with Gasteiger partial charge in [-0.15, -0.1) is 0 Å². The molecule has 1 aliphatic rings. The largest absolute Gasteiger partial charge is 0.333 e. The van der Waals surface area contributed by atoms with Crippen molar-refractivity contribution < 1.29 is 9.59 Å². The fourth-order valence-corrected chi connectivity index (χ4v) is 1.56. The zero-order chi connectivity index (χ0) is 11.6. The van der Waals surface area contributed by atoms with Gasteiger partial charge in [-0.1, -0.05) is 20.8 Å². The van der Waals surface area contributed by atoms with Crippen molar-refractivity contribution in [1.82, 2.24) is 10.2 Å². The Morgan fingerprint density at radius 2 is 2.13 bits per heavy atom. The predicted molar refractivity (Wildman–Crippen MR) is 58.6 cm³/mol.